The SMILES string of the molecule is Cc1[nH][nH]c(=O)c1N=Nc1ccccc1[N+](=O)[O-]. The van der Waals surface area contributed by atoms with Crippen molar-refractivity contribution in [3.8, 4) is 0 Å². The van der Waals surface area contributed by atoms with Gasteiger partial charge in [0.2, 0.25) is 0 Å². The molecule has 2 aromatic rings. The van der Waals surface area contributed by atoms with Gasteiger partial charge >= 0.3 is 0 Å². The Morgan fingerprint density at radius 3 is 2.56 bits per heavy atom. The highest BCUT2D eigenvalue weighted by atomic mass is 16.6. The first-order valence-electron chi connectivity index (χ1n) is 5.02. The summed E-state index contributed by atoms with van der Waals surface area (Å²) in [6, 6.07) is 5.92. The highest BCUT2D eigenvalue weighted by Gasteiger charge is 2.12. The molecule has 18 heavy (non-hydrogen) atoms. The fourth-order valence-electron chi connectivity index (χ4n) is 1.37. The Labute approximate surface area is 101 Å². The van der Waals surface area contributed by atoms with E-state index in [4.69, 9.17) is 0 Å². The molecular formula is C10H9N5O3. The van der Waals surface area contributed by atoms with E-state index >= 15 is 0 Å². The Bertz CT molecular complexity index is 670. The lowest BCUT2D eigenvalue weighted by atomic mass is 10.3. The third-order valence-electron chi connectivity index (χ3n) is 2.27. The number of hydrogen-bond donors (Lipinski definition) is 2. The molecule has 0 bridgehead atoms. The van der Waals surface area contributed by atoms with Crippen molar-refractivity contribution in [1.82, 2.24) is 10.2 Å². The summed E-state index contributed by atoms with van der Waals surface area (Å²) in [7, 11) is 0. The second-order valence-electron chi connectivity index (χ2n) is 3.50. The number of para-hydroxylation sites is 1. The van der Waals surface area contributed by atoms with E-state index in [0.717, 1.165) is 0 Å². The number of aromatic amines is 2. The zero-order chi connectivity index (χ0) is 13.1. The predicted octanol–water partition coefficient (Wildman–Crippen LogP) is 2.34. The topological polar surface area (TPSA) is 117 Å². The molecule has 0 saturated heterocycles. The zero-order valence-corrected chi connectivity index (χ0v) is 9.38. The minimum atomic E-state index is -0.553. The maximum Gasteiger partial charge on any atom is 0.296 e. The van der Waals surface area contributed by atoms with Gasteiger partial charge in [0.25, 0.3) is 11.2 Å². The molecule has 0 aliphatic carbocycles. The average molecular weight is 247 g/mol. The molecule has 0 aliphatic rings. The van der Waals surface area contributed by atoms with Gasteiger partial charge in [-0.05, 0) is 13.0 Å². The first kappa shape index (κ1) is 11.7. The average Bonchev–Trinajstić information content (AvgIpc) is 2.67. The molecule has 1 aromatic heterocycles. The first-order chi connectivity index (χ1) is 8.59. The van der Waals surface area contributed by atoms with Gasteiger partial charge in [-0.15, -0.1) is 10.2 Å². The highest BCUT2D eigenvalue weighted by Crippen LogP contribution is 2.27. The molecule has 0 saturated carbocycles. The Morgan fingerprint density at radius 1 is 1.22 bits per heavy atom. The van der Waals surface area contributed by atoms with Crippen LogP contribution < -0.4 is 5.56 Å². The number of rotatable bonds is 3. The van der Waals surface area contributed by atoms with E-state index in [1.54, 1.807) is 13.0 Å². The molecule has 0 radical (unpaired) electrons. The first-order valence-corrected chi connectivity index (χ1v) is 5.02. The van der Waals surface area contributed by atoms with Crippen LogP contribution in [-0.2, 0) is 0 Å². The van der Waals surface area contributed by atoms with Gasteiger partial charge < -0.3 is 5.10 Å². The third kappa shape index (κ3) is 2.17. The van der Waals surface area contributed by atoms with Crippen molar-refractivity contribution in [2.24, 2.45) is 10.2 Å². The minimum Gasteiger partial charge on any atom is -0.300 e. The van der Waals surface area contributed by atoms with E-state index < -0.39 is 10.5 Å². The lowest BCUT2D eigenvalue weighted by molar-refractivity contribution is -0.384. The number of nitrogens with one attached hydrogen (secondary N) is 2. The molecule has 0 unspecified atom stereocenters. The standard InChI is InChI=1S/C10H9N5O3/c1-6-9(10(16)14-11-6)13-12-7-4-2-3-5-8(7)15(17)18/h2-5H,1H3,(H2,11,14,16). The van der Waals surface area contributed by atoms with E-state index in [1.807, 2.05) is 0 Å². The van der Waals surface area contributed by atoms with Gasteiger partial charge in [0.15, 0.2) is 11.4 Å². The quantitative estimate of drug-likeness (QED) is 0.492. The molecule has 8 nitrogen and oxygen atoms in total. The number of nitro benzene ring substituents is 1. The molecule has 0 spiro atoms. The number of aromatic nitrogens is 2. The van der Waals surface area contributed by atoms with Crippen molar-refractivity contribution in [1.29, 1.82) is 0 Å². The van der Waals surface area contributed by atoms with Crippen LogP contribution in [0.1, 0.15) is 5.69 Å². The second kappa shape index (κ2) is 4.62. The van der Waals surface area contributed by atoms with Gasteiger partial charge in [-0.3, -0.25) is 20.0 Å². The number of H-pyrrole nitrogens is 2. The van der Waals surface area contributed by atoms with Crippen LogP contribution in [0.2, 0.25) is 0 Å². The Hall–Kier alpha value is -2.77. The van der Waals surface area contributed by atoms with Gasteiger partial charge in [0.05, 0.1) is 10.6 Å². The summed E-state index contributed by atoms with van der Waals surface area (Å²) in [6.07, 6.45) is 0. The van der Waals surface area contributed by atoms with Crippen LogP contribution in [-0.4, -0.2) is 15.1 Å². The minimum absolute atomic E-state index is 0.0995. The molecule has 8 heteroatoms. The Morgan fingerprint density at radius 2 is 1.94 bits per heavy atom. The van der Waals surface area contributed by atoms with Gasteiger partial charge in [-0.2, -0.15) is 0 Å². The number of hydrogen-bond acceptors (Lipinski definition) is 5. The van der Waals surface area contributed by atoms with Crippen molar-refractivity contribution in [2.45, 2.75) is 6.92 Å². The van der Waals surface area contributed by atoms with Crippen molar-refractivity contribution in [2.75, 3.05) is 0 Å². The van der Waals surface area contributed by atoms with Crippen molar-refractivity contribution in [3.05, 3.63) is 50.4 Å². The molecular weight excluding hydrogens is 238 g/mol. The van der Waals surface area contributed by atoms with Gasteiger partial charge in [0, 0.05) is 6.07 Å². The molecule has 92 valence electrons. The molecule has 2 N–H and O–H groups in total. The van der Waals surface area contributed by atoms with Crippen LogP contribution in [0, 0.1) is 17.0 Å². The van der Waals surface area contributed by atoms with Crippen LogP contribution in [0.3, 0.4) is 0 Å². The fourth-order valence-corrected chi connectivity index (χ4v) is 1.37. The maximum atomic E-state index is 11.3. The fraction of sp³-hybridized carbons (Fsp3) is 0.100. The molecule has 0 fully saturated rings. The summed E-state index contributed by atoms with van der Waals surface area (Å²) in [6.45, 7) is 1.64. The number of benzene rings is 1. The molecule has 1 aromatic carbocycles. The van der Waals surface area contributed by atoms with Gasteiger partial charge in [0.1, 0.15) is 0 Å². The van der Waals surface area contributed by atoms with Crippen LogP contribution >= 0.6 is 0 Å². The second-order valence-corrected chi connectivity index (χ2v) is 3.50. The number of nitro groups is 1. The van der Waals surface area contributed by atoms with Crippen LogP contribution in [0.4, 0.5) is 17.1 Å². The lowest BCUT2D eigenvalue weighted by Crippen LogP contribution is -1.96. The van der Waals surface area contributed by atoms with Gasteiger partial charge in [-0.1, -0.05) is 12.1 Å². The smallest absolute Gasteiger partial charge is 0.296 e. The van der Waals surface area contributed by atoms with Gasteiger partial charge in [-0.25, -0.2) is 0 Å². The van der Waals surface area contributed by atoms with Crippen LogP contribution in [0.15, 0.2) is 39.3 Å². The molecule has 0 aliphatic heterocycles. The lowest BCUT2D eigenvalue weighted by Gasteiger charge is -1.94. The molecule has 0 amide bonds. The third-order valence-corrected chi connectivity index (χ3v) is 2.27. The summed E-state index contributed by atoms with van der Waals surface area (Å²) >= 11 is 0. The number of azo groups is 1. The van der Waals surface area contributed by atoms with E-state index in [2.05, 4.69) is 20.4 Å². The Kier molecular flexibility index (Phi) is 3.00. The van der Waals surface area contributed by atoms with Crippen molar-refractivity contribution >= 4 is 17.1 Å². The molecule has 1 heterocycles. The predicted molar refractivity (Wildman–Crippen MR) is 63.4 cm³/mol. The van der Waals surface area contributed by atoms with Crippen molar-refractivity contribution in [3.63, 3.8) is 0 Å². The van der Waals surface area contributed by atoms with Crippen molar-refractivity contribution < 1.29 is 4.92 Å². The van der Waals surface area contributed by atoms with Crippen LogP contribution in [0.25, 0.3) is 0 Å². The summed E-state index contributed by atoms with van der Waals surface area (Å²) in [5, 5.41) is 23.1. The summed E-state index contributed by atoms with van der Waals surface area (Å²) in [5.74, 6) is 0. The summed E-state index contributed by atoms with van der Waals surface area (Å²) < 4.78 is 0. The zero-order valence-electron chi connectivity index (χ0n) is 9.38. The summed E-state index contributed by atoms with van der Waals surface area (Å²) in [5.41, 5.74) is 0.138. The highest BCUT2D eigenvalue weighted by molar-refractivity contribution is 5.56. The molecule has 2 rings (SSSR count). The summed E-state index contributed by atoms with van der Waals surface area (Å²) in [4.78, 5) is 21.5. The maximum absolute atomic E-state index is 11.3. The normalized spacial score (nSPS) is 10.9. The number of aryl methyl sites for hydroxylation is 1. The molecule has 0 atom stereocenters. The monoisotopic (exact) mass is 247 g/mol. The van der Waals surface area contributed by atoms with E-state index in [-0.39, 0.29) is 17.1 Å². The van der Waals surface area contributed by atoms with Crippen LogP contribution in [0.5, 0.6) is 0 Å². The van der Waals surface area contributed by atoms with E-state index in [9.17, 15) is 14.9 Å². The van der Waals surface area contributed by atoms with E-state index in [1.165, 1.54) is 18.2 Å². The number of nitrogens with zero attached hydrogens (tertiary/aromatic N) is 3. The largest absolute Gasteiger partial charge is 0.300 e. The van der Waals surface area contributed by atoms with E-state index in [0.29, 0.717) is 5.69 Å². The Balaban J connectivity index is 2.41.